The molecule has 0 aliphatic carbocycles. The second kappa shape index (κ2) is 10.5. The number of aromatic hydroxyl groups is 1. The number of anilines is 1. The van der Waals surface area contributed by atoms with Crippen molar-refractivity contribution < 1.29 is 15.0 Å². The Hall–Kier alpha value is -3.03. The molecule has 4 rings (SSSR count). The van der Waals surface area contributed by atoms with E-state index in [9.17, 15) is 15.0 Å². The number of nitrogens with one attached hydrogen (secondary N) is 1. The van der Waals surface area contributed by atoms with E-state index in [-0.39, 0.29) is 18.3 Å². The lowest BCUT2D eigenvalue weighted by Crippen LogP contribution is -2.49. The number of nitrogens with zero attached hydrogens (tertiary/aromatic N) is 3. The van der Waals surface area contributed by atoms with Crippen molar-refractivity contribution >= 4 is 22.5 Å². The third-order valence-electron chi connectivity index (χ3n) is 6.92. The molecule has 3 aromatic rings. The Morgan fingerprint density at radius 1 is 1.03 bits per heavy atom. The van der Waals surface area contributed by atoms with Gasteiger partial charge in [0, 0.05) is 62.5 Å². The minimum atomic E-state index is 0.0542. The van der Waals surface area contributed by atoms with Crippen molar-refractivity contribution in [2.75, 3.05) is 44.6 Å². The number of rotatable bonds is 8. The van der Waals surface area contributed by atoms with Crippen LogP contribution < -0.4 is 5.32 Å². The summed E-state index contributed by atoms with van der Waals surface area (Å²) >= 11 is 0. The summed E-state index contributed by atoms with van der Waals surface area (Å²) in [5.41, 5.74) is 6.29. The summed E-state index contributed by atoms with van der Waals surface area (Å²) in [6, 6.07) is 11.2. The van der Waals surface area contributed by atoms with Gasteiger partial charge >= 0.3 is 0 Å². The number of hydrogen-bond donors (Lipinski definition) is 3. The molecule has 2 heterocycles. The van der Waals surface area contributed by atoms with Gasteiger partial charge in [0.2, 0.25) is 0 Å². The predicted octanol–water partition coefficient (Wildman–Crippen LogP) is 3.74. The van der Waals surface area contributed by atoms with Gasteiger partial charge in [0.1, 0.15) is 5.75 Å². The first kappa shape index (κ1) is 24.1. The number of β-amino-alcohol motifs (C(OH)–C–C–N with tert-alkyl or cyclic N) is 1. The average Bonchev–Trinajstić information content (AvgIpc) is 3.09. The lowest BCUT2D eigenvalue weighted by Gasteiger charge is -2.34. The van der Waals surface area contributed by atoms with Crippen molar-refractivity contribution in [3.63, 3.8) is 0 Å². The molecular weight excluding hydrogens is 428 g/mol. The molecule has 0 spiro atoms. The number of aryl methyl sites for hydroxylation is 2. The van der Waals surface area contributed by atoms with Gasteiger partial charge in [0.25, 0.3) is 5.91 Å². The molecule has 0 radical (unpaired) electrons. The van der Waals surface area contributed by atoms with Crippen LogP contribution in [0.25, 0.3) is 10.9 Å². The number of carbonyl (C=O) groups excluding carboxylic acids is 1. The van der Waals surface area contributed by atoms with E-state index < -0.39 is 0 Å². The average molecular weight is 465 g/mol. The summed E-state index contributed by atoms with van der Waals surface area (Å²) < 4.78 is 2.35. The van der Waals surface area contributed by atoms with E-state index in [0.717, 1.165) is 48.2 Å². The number of amides is 1. The quantitative estimate of drug-likeness (QED) is 0.473. The van der Waals surface area contributed by atoms with E-state index in [1.807, 2.05) is 23.1 Å². The number of aliphatic hydroxyl groups is 1. The van der Waals surface area contributed by atoms with Gasteiger partial charge in [0.15, 0.2) is 0 Å². The molecule has 0 atom stereocenters. The van der Waals surface area contributed by atoms with Gasteiger partial charge in [-0.3, -0.25) is 9.69 Å². The molecule has 1 aliphatic heterocycles. The summed E-state index contributed by atoms with van der Waals surface area (Å²) in [4.78, 5) is 17.6. The van der Waals surface area contributed by atoms with E-state index in [2.05, 4.69) is 41.6 Å². The van der Waals surface area contributed by atoms with E-state index in [4.69, 9.17) is 0 Å². The molecule has 3 N–H and O–H groups in total. The monoisotopic (exact) mass is 464 g/mol. The first-order chi connectivity index (χ1) is 16.4. The van der Waals surface area contributed by atoms with Crippen LogP contribution >= 0.6 is 0 Å². The lowest BCUT2D eigenvalue weighted by atomic mass is 10.1. The summed E-state index contributed by atoms with van der Waals surface area (Å²) in [5.74, 6) is 0.305. The third-order valence-corrected chi connectivity index (χ3v) is 6.92. The van der Waals surface area contributed by atoms with Crippen LogP contribution in [-0.4, -0.2) is 69.8 Å². The van der Waals surface area contributed by atoms with E-state index in [1.165, 1.54) is 11.3 Å². The Bertz CT molecular complexity index is 1150. The zero-order chi connectivity index (χ0) is 24.2. The number of phenolic OH excluding ortho intramolecular Hbond substituents is 1. The first-order valence-corrected chi connectivity index (χ1v) is 12.2. The highest BCUT2D eigenvalue weighted by atomic mass is 16.3. The molecule has 1 aromatic heterocycles. The molecule has 182 valence electrons. The number of piperazine rings is 1. The Balaban J connectivity index is 1.68. The minimum absolute atomic E-state index is 0.0542. The van der Waals surface area contributed by atoms with Crippen LogP contribution in [0.15, 0.2) is 36.4 Å². The highest BCUT2D eigenvalue weighted by Gasteiger charge is 2.24. The van der Waals surface area contributed by atoms with Crippen molar-refractivity contribution in [1.82, 2.24) is 14.4 Å². The maximum absolute atomic E-state index is 13.5. The van der Waals surface area contributed by atoms with Crippen LogP contribution in [0.2, 0.25) is 0 Å². The maximum atomic E-state index is 13.5. The molecule has 7 nitrogen and oxygen atoms in total. The molecule has 2 aromatic carbocycles. The van der Waals surface area contributed by atoms with Gasteiger partial charge in [-0.05, 0) is 55.7 Å². The molecule has 1 fully saturated rings. The molecule has 0 saturated carbocycles. The number of fused-ring (bicyclic) bond motifs is 1. The first-order valence-electron chi connectivity index (χ1n) is 12.2. The SMILES string of the molecule is CCCn1c(C)c(C)c2cc(C(=O)N3CCN(CCO)CC3)cc(NCc3ccc(O)cc3)c21. The number of aliphatic hydroxyl groups excluding tert-OH is 1. The zero-order valence-electron chi connectivity index (χ0n) is 20.5. The Morgan fingerprint density at radius 3 is 2.38 bits per heavy atom. The topological polar surface area (TPSA) is 81.0 Å². The minimum Gasteiger partial charge on any atom is -0.508 e. The van der Waals surface area contributed by atoms with E-state index >= 15 is 0 Å². The highest BCUT2D eigenvalue weighted by molar-refractivity contribution is 6.04. The van der Waals surface area contributed by atoms with Crippen molar-refractivity contribution in [3.8, 4) is 5.75 Å². The Labute approximate surface area is 201 Å². The zero-order valence-corrected chi connectivity index (χ0v) is 20.5. The number of phenols is 1. The number of aromatic nitrogens is 1. The van der Waals surface area contributed by atoms with Gasteiger partial charge in [-0.25, -0.2) is 0 Å². The lowest BCUT2D eigenvalue weighted by molar-refractivity contribution is 0.0615. The molecule has 0 unspecified atom stereocenters. The van der Waals surface area contributed by atoms with Crippen LogP contribution in [0.1, 0.15) is 40.5 Å². The normalized spacial score (nSPS) is 14.6. The van der Waals surface area contributed by atoms with Crippen molar-refractivity contribution in [2.45, 2.75) is 40.3 Å². The molecule has 1 amide bonds. The largest absolute Gasteiger partial charge is 0.508 e. The summed E-state index contributed by atoms with van der Waals surface area (Å²) in [6.45, 7) is 11.7. The van der Waals surface area contributed by atoms with Crippen LogP contribution in [0.4, 0.5) is 5.69 Å². The summed E-state index contributed by atoms with van der Waals surface area (Å²) in [7, 11) is 0. The molecule has 1 saturated heterocycles. The fraction of sp³-hybridized carbons (Fsp3) is 0.444. The van der Waals surface area contributed by atoms with E-state index in [1.54, 1.807) is 12.1 Å². The highest BCUT2D eigenvalue weighted by Crippen LogP contribution is 2.34. The van der Waals surface area contributed by atoms with Crippen molar-refractivity contribution in [1.29, 1.82) is 0 Å². The molecule has 7 heteroatoms. The smallest absolute Gasteiger partial charge is 0.254 e. The third kappa shape index (κ3) is 4.91. The van der Waals surface area contributed by atoms with Gasteiger partial charge in [-0.15, -0.1) is 0 Å². The standard InChI is InChI=1S/C27H36N4O3/c1-4-9-31-20(3)19(2)24-16-22(27(34)30-12-10-29(11-13-30)14-15-32)17-25(26(24)31)28-18-21-5-7-23(33)8-6-21/h5-8,16-17,28,32-33H,4,9-15,18H2,1-3H3. The van der Waals surface area contributed by atoms with E-state index in [0.29, 0.717) is 31.7 Å². The van der Waals surface area contributed by atoms with Crippen molar-refractivity contribution in [2.24, 2.45) is 0 Å². The molecule has 0 bridgehead atoms. The van der Waals surface area contributed by atoms with Crippen LogP contribution in [0.5, 0.6) is 5.75 Å². The van der Waals surface area contributed by atoms with Gasteiger partial charge in [-0.2, -0.15) is 0 Å². The van der Waals surface area contributed by atoms with Gasteiger partial charge < -0.3 is 25.0 Å². The van der Waals surface area contributed by atoms with Crippen LogP contribution in [-0.2, 0) is 13.1 Å². The molecule has 1 aliphatic rings. The van der Waals surface area contributed by atoms with Gasteiger partial charge in [-0.1, -0.05) is 19.1 Å². The summed E-state index contributed by atoms with van der Waals surface area (Å²) in [5, 5.41) is 23.5. The second-order valence-corrected chi connectivity index (χ2v) is 9.16. The number of carbonyl (C=O) groups is 1. The Morgan fingerprint density at radius 2 is 1.74 bits per heavy atom. The van der Waals surface area contributed by atoms with Gasteiger partial charge in [0.05, 0.1) is 17.8 Å². The molecule has 34 heavy (non-hydrogen) atoms. The fourth-order valence-electron chi connectivity index (χ4n) is 4.85. The summed E-state index contributed by atoms with van der Waals surface area (Å²) in [6.07, 6.45) is 1.03. The van der Waals surface area contributed by atoms with Crippen molar-refractivity contribution in [3.05, 3.63) is 58.8 Å². The molecular formula is C27H36N4O3. The Kier molecular flexibility index (Phi) is 7.44. The predicted molar refractivity (Wildman–Crippen MR) is 137 cm³/mol. The number of hydrogen-bond acceptors (Lipinski definition) is 5. The fourth-order valence-corrected chi connectivity index (χ4v) is 4.85. The maximum Gasteiger partial charge on any atom is 0.254 e. The number of benzene rings is 2. The van der Waals surface area contributed by atoms with Crippen LogP contribution in [0, 0.1) is 13.8 Å². The second-order valence-electron chi connectivity index (χ2n) is 9.16. The van der Waals surface area contributed by atoms with Crippen LogP contribution in [0.3, 0.4) is 0 Å².